The van der Waals surface area contributed by atoms with E-state index in [1.165, 1.54) is 5.56 Å². The Bertz CT molecular complexity index is 653. The Hall–Kier alpha value is -2.76. The zero-order valence-corrected chi connectivity index (χ0v) is 13.8. The molecule has 2 aromatic rings. The van der Waals surface area contributed by atoms with E-state index in [2.05, 4.69) is 27.3 Å². The second-order valence-corrected chi connectivity index (χ2v) is 5.28. The van der Waals surface area contributed by atoms with Crippen LogP contribution in [-0.4, -0.2) is 29.7 Å². The van der Waals surface area contributed by atoms with Gasteiger partial charge in [0.15, 0.2) is 0 Å². The largest absolute Gasteiger partial charge is 0.466 e. The van der Waals surface area contributed by atoms with Crippen molar-refractivity contribution in [2.45, 2.75) is 26.4 Å². The van der Waals surface area contributed by atoms with E-state index in [0.717, 1.165) is 12.2 Å². The summed E-state index contributed by atoms with van der Waals surface area (Å²) in [6, 6.07) is 13.8. The summed E-state index contributed by atoms with van der Waals surface area (Å²) in [6.07, 6.45) is 2.16. The number of amides is 2. The van der Waals surface area contributed by atoms with E-state index in [9.17, 15) is 9.59 Å². The molecule has 2 amide bonds. The first kappa shape index (κ1) is 17.6. The van der Waals surface area contributed by atoms with Gasteiger partial charge in [0.1, 0.15) is 0 Å². The molecule has 0 aliphatic rings. The maximum Gasteiger partial charge on any atom is 0.315 e. The lowest BCUT2D eigenvalue weighted by Gasteiger charge is -2.11. The lowest BCUT2D eigenvalue weighted by Crippen LogP contribution is -2.36. The zero-order valence-electron chi connectivity index (χ0n) is 13.8. The van der Waals surface area contributed by atoms with Crippen LogP contribution in [0.2, 0.25) is 0 Å². The molecule has 24 heavy (non-hydrogen) atoms. The van der Waals surface area contributed by atoms with Gasteiger partial charge in [0, 0.05) is 25.0 Å². The van der Waals surface area contributed by atoms with E-state index in [0.29, 0.717) is 13.2 Å². The number of carbonyl (C=O) groups excluding carboxylic acids is 2. The van der Waals surface area contributed by atoms with E-state index in [4.69, 9.17) is 4.74 Å². The second-order valence-electron chi connectivity index (χ2n) is 5.28. The molecule has 0 aliphatic carbocycles. The Morgan fingerprint density at radius 1 is 1.08 bits per heavy atom. The summed E-state index contributed by atoms with van der Waals surface area (Å²) >= 11 is 0. The summed E-state index contributed by atoms with van der Waals surface area (Å²) in [5.41, 5.74) is 2.22. The van der Waals surface area contributed by atoms with Gasteiger partial charge in [-0.15, -0.1) is 0 Å². The molecule has 0 aliphatic heterocycles. The summed E-state index contributed by atoms with van der Waals surface area (Å²) in [4.78, 5) is 23.0. The van der Waals surface area contributed by atoms with Gasteiger partial charge in [-0.2, -0.15) is 0 Å². The van der Waals surface area contributed by atoms with E-state index < -0.39 is 0 Å². The number of aromatic nitrogens is 1. The van der Waals surface area contributed by atoms with Crippen LogP contribution in [-0.2, 0) is 22.6 Å². The molecule has 0 bridgehead atoms. The number of carbonyl (C=O) groups is 2. The number of nitrogens with zero attached hydrogens (tertiary/aromatic N) is 1. The first-order chi connectivity index (χ1) is 11.7. The lowest BCUT2D eigenvalue weighted by atomic mass is 10.2. The highest BCUT2D eigenvalue weighted by molar-refractivity contribution is 5.75. The number of benzene rings is 1. The van der Waals surface area contributed by atoms with Crippen molar-refractivity contribution in [3.05, 3.63) is 59.9 Å². The van der Waals surface area contributed by atoms with E-state index in [1.54, 1.807) is 6.92 Å². The number of rotatable bonds is 8. The average molecular weight is 329 g/mol. The SMILES string of the molecule is CCOC(=O)CCNC(=O)NCc1cccn1Cc1ccccc1. The smallest absolute Gasteiger partial charge is 0.315 e. The van der Waals surface area contributed by atoms with E-state index >= 15 is 0 Å². The molecule has 0 saturated carbocycles. The van der Waals surface area contributed by atoms with Crippen molar-refractivity contribution < 1.29 is 14.3 Å². The summed E-state index contributed by atoms with van der Waals surface area (Å²) < 4.78 is 6.89. The van der Waals surface area contributed by atoms with Crippen LogP contribution in [0, 0.1) is 0 Å². The highest BCUT2D eigenvalue weighted by Crippen LogP contribution is 2.07. The van der Waals surface area contributed by atoms with Crippen molar-refractivity contribution in [1.82, 2.24) is 15.2 Å². The number of esters is 1. The predicted molar refractivity (Wildman–Crippen MR) is 91.5 cm³/mol. The van der Waals surface area contributed by atoms with E-state index in [1.807, 2.05) is 36.5 Å². The maximum absolute atomic E-state index is 11.8. The number of urea groups is 1. The summed E-state index contributed by atoms with van der Waals surface area (Å²) in [5, 5.41) is 5.44. The highest BCUT2D eigenvalue weighted by Gasteiger charge is 2.06. The lowest BCUT2D eigenvalue weighted by molar-refractivity contribution is -0.142. The van der Waals surface area contributed by atoms with Crippen LogP contribution in [0.1, 0.15) is 24.6 Å². The molecule has 128 valence electrons. The van der Waals surface area contributed by atoms with Crippen LogP contribution in [0.15, 0.2) is 48.7 Å². The van der Waals surface area contributed by atoms with Crippen LogP contribution in [0.3, 0.4) is 0 Å². The fraction of sp³-hybridized carbons (Fsp3) is 0.333. The molecule has 0 saturated heterocycles. The van der Waals surface area contributed by atoms with Crippen molar-refractivity contribution in [1.29, 1.82) is 0 Å². The Morgan fingerprint density at radius 2 is 1.88 bits per heavy atom. The van der Waals surface area contributed by atoms with Crippen LogP contribution < -0.4 is 10.6 Å². The molecular weight excluding hydrogens is 306 g/mol. The molecule has 0 fully saturated rings. The average Bonchev–Trinajstić information content (AvgIpc) is 3.01. The van der Waals surface area contributed by atoms with Crippen molar-refractivity contribution in [2.24, 2.45) is 0 Å². The zero-order chi connectivity index (χ0) is 17.2. The van der Waals surface area contributed by atoms with Crippen LogP contribution in [0.4, 0.5) is 4.79 Å². The summed E-state index contributed by atoms with van der Waals surface area (Å²) in [7, 11) is 0. The predicted octanol–water partition coefficient (Wildman–Crippen LogP) is 2.29. The Balaban J connectivity index is 1.75. The van der Waals surface area contributed by atoms with Gasteiger partial charge in [-0.1, -0.05) is 30.3 Å². The molecule has 6 heteroatoms. The van der Waals surface area contributed by atoms with Crippen LogP contribution >= 0.6 is 0 Å². The fourth-order valence-electron chi connectivity index (χ4n) is 2.29. The summed E-state index contributed by atoms with van der Waals surface area (Å²) in [6.45, 7) is 3.54. The topological polar surface area (TPSA) is 72.4 Å². The van der Waals surface area contributed by atoms with Crippen molar-refractivity contribution in [3.8, 4) is 0 Å². The second kappa shape index (κ2) is 9.39. The number of ether oxygens (including phenoxy) is 1. The molecule has 0 spiro atoms. The molecular formula is C18H23N3O3. The summed E-state index contributed by atoms with van der Waals surface area (Å²) in [5.74, 6) is -0.311. The molecule has 0 unspecified atom stereocenters. The number of hydrogen-bond donors (Lipinski definition) is 2. The normalized spacial score (nSPS) is 10.2. The highest BCUT2D eigenvalue weighted by atomic mass is 16.5. The van der Waals surface area contributed by atoms with Crippen molar-refractivity contribution in [3.63, 3.8) is 0 Å². The molecule has 6 nitrogen and oxygen atoms in total. The van der Waals surface area contributed by atoms with Crippen LogP contribution in [0.25, 0.3) is 0 Å². The molecule has 0 radical (unpaired) electrons. The van der Waals surface area contributed by atoms with Gasteiger partial charge in [-0.05, 0) is 24.6 Å². The van der Waals surface area contributed by atoms with Gasteiger partial charge < -0.3 is 19.9 Å². The van der Waals surface area contributed by atoms with Gasteiger partial charge in [0.05, 0.1) is 19.6 Å². The molecule has 1 heterocycles. The van der Waals surface area contributed by atoms with Crippen LogP contribution in [0.5, 0.6) is 0 Å². The minimum Gasteiger partial charge on any atom is -0.466 e. The molecule has 2 N–H and O–H groups in total. The minimum atomic E-state index is -0.311. The first-order valence-corrected chi connectivity index (χ1v) is 8.04. The van der Waals surface area contributed by atoms with Gasteiger partial charge in [0.25, 0.3) is 0 Å². The molecule has 0 atom stereocenters. The first-order valence-electron chi connectivity index (χ1n) is 8.04. The van der Waals surface area contributed by atoms with E-state index in [-0.39, 0.29) is 25.0 Å². The third-order valence-electron chi connectivity index (χ3n) is 3.47. The maximum atomic E-state index is 11.8. The quantitative estimate of drug-likeness (QED) is 0.730. The van der Waals surface area contributed by atoms with Gasteiger partial charge in [0.2, 0.25) is 0 Å². The molecule has 1 aromatic carbocycles. The standard InChI is InChI=1S/C18H23N3O3/c1-2-24-17(22)10-11-19-18(23)20-13-16-9-6-12-21(16)14-15-7-4-3-5-8-15/h3-9,12H,2,10-11,13-14H2,1H3,(H2,19,20,23). The minimum absolute atomic E-state index is 0.172. The van der Waals surface area contributed by atoms with Gasteiger partial charge in [-0.25, -0.2) is 4.79 Å². The number of nitrogens with one attached hydrogen (secondary N) is 2. The fourth-order valence-corrected chi connectivity index (χ4v) is 2.29. The van der Waals surface area contributed by atoms with Gasteiger partial charge in [-0.3, -0.25) is 4.79 Å². The molecule has 2 rings (SSSR count). The third kappa shape index (κ3) is 5.79. The van der Waals surface area contributed by atoms with Crippen molar-refractivity contribution >= 4 is 12.0 Å². The Kier molecular flexibility index (Phi) is 6.89. The van der Waals surface area contributed by atoms with Crippen molar-refractivity contribution in [2.75, 3.05) is 13.2 Å². The third-order valence-corrected chi connectivity index (χ3v) is 3.47. The Labute approximate surface area is 141 Å². The monoisotopic (exact) mass is 329 g/mol. The Morgan fingerprint density at radius 3 is 2.62 bits per heavy atom. The molecule has 1 aromatic heterocycles. The van der Waals surface area contributed by atoms with Gasteiger partial charge >= 0.3 is 12.0 Å². The number of hydrogen-bond acceptors (Lipinski definition) is 3.